The Bertz CT molecular complexity index is 387. The van der Waals surface area contributed by atoms with E-state index >= 15 is 0 Å². The Kier molecular flexibility index (Phi) is 4.69. The number of carbonyl (C=O) groups is 1. The molecule has 1 aromatic rings. The summed E-state index contributed by atoms with van der Waals surface area (Å²) >= 11 is 0. The third kappa shape index (κ3) is 3.85. The third-order valence-corrected chi connectivity index (χ3v) is 2.93. The first-order valence-electron chi connectivity index (χ1n) is 5.85. The first-order valence-corrected chi connectivity index (χ1v) is 5.85. The topological polar surface area (TPSA) is 67.2 Å². The van der Waals surface area contributed by atoms with Gasteiger partial charge in [0, 0.05) is 18.3 Å². The monoisotopic (exact) mass is 239 g/mol. The van der Waals surface area contributed by atoms with Gasteiger partial charge in [-0.2, -0.15) is 5.10 Å². The van der Waals surface area contributed by atoms with E-state index in [4.69, 9.17) is 5.11 Å². The Balaban J connectivity index is 2.53. The van der Waals surface area contributed by atoms with Gasteiger partial charge in [-0.3, -0.25) is 9.48 Å². The number of aliphatic hydroxyl groups is 1. The summed E-state index contributed by atoms with van der Waals surface area (Å²) in [6.45, 7) is 7.91. The zero-order chi connectivity index (χ0) is 13.0. The minimum atomic E-state index is -0.0796. The van der Waals surface area contributed by atoms with Gasteiger partial charge in [0.15, 0.2) is 0 Å². The molecule has 0 bridgehead atoms. The molecule has 0 saturated carbocycles. The number of rotatable bonds is 5. The van der Waals surface area contributed by atoms with E-state index in [9.17, 15) is 4.79 Å². The molecule has 1 rings (SSSR count). The number of hydrogen-bond donors (Lipinski definition) is 2. The molecule has 0 radical (unpaired) electrons. The summed E-state index contributed by atoms with van der Waals surface area (Å²) in [7, 11) is 0. The number of aromatic nitrogens is 2. The van der Waals surface area contributed by atoms with Gasteiger partial charge in [0.1, 0.15) is 6.54 Å². The molecule has 0 aliphatic heterocycles. The average molecular weight is 239 g/mol. The highest BCUT2D eigenvalue weighted by Gasteiger charge is 2.14. The van der Waals surface area contributed by atoms with Crippen molar-refractivity contribution in [1.29, 1.82) is 0 Å². The van der Waals surface area contributed by atoms with Crippen LogP contribution in [0.15, 0.2) is 6.07 Å². The van der Waals surface area contributed by atoms with Crippen molar-refractivity contribution in [3.8, 4) is 0 Å². The molecule has 1 heterocycles. The molecule has 0 aromatic carbocycles. The van der Waals surface area contributed by atoms with Crippen molar-refractivity contribution in [2.45, 2.75) is 40.3 Å². The first-order chi connectivity index (χ1) is 7.93. The van der Waals surface area contributed by atoms with E-state index in [2.05, 4.69) is 10.4 Å². The fourth-order valence-corrected chi connectivity index (χ4v) is 1.57. The maximum atomic E-state index is 11.8. The van der Waals surface area contributed by atoms with Crippen LogP contribution in [-0.4, -0.2) is 33.4 Å². The lowest BCUT2D eigenvalue weighted by Gasteiger charge is -2.19. The Labute approximate surface area is 102 Å². The lowest BCUT2D eigenvalue weighted by Crippen LogP contribution is -2.40. The van der Waals surface area contributed by atoms with E-state index in [-0.39, 0.29) is 31.0 Å². The summed E-state index contributed by atoms with van der Waals surface area (Å²) in [6.07, 6.45) is 0. The quantitative estimate of drug-likeness (QED) is 0.792. The SMILES string of the molecule is Cc1cc(C)n(CC(=O)NC(C)C(C)CO)n1. The summed E-state index contributed by atoms with van der Waals surface area (Å²) in [5.41, 5.74) is 1.88. The summed E-state index contributed by atoms with van der Waals surface area (Å²) in [4.78, 5) is 11.8. The highest BCUT2D eigenvalue weighted by molar-refractivity contribution is 5.76. The van der Waals surface area contributed by atoms with Gasteiger partial charge in [0.25, 0.3) is 0 Å². The molecule has 2 unspecified atom stereocenters. The van der Waals surface area contributed by atoms with Crippen molar-refractivity contribution in [3.63, 3.8) is 0 Å². The number of hydrogen-bond acceptors (Lipinski definition) is 3. The molecule has 5 nitrogen and oxygen atoms in total. The zero-order valence-corrected chi connectivity index (χ0v) is 10.9. The molecular weight excluding hydrogens is 218 g/mol. The summed E-state index contributed by atoms with van der Waals surface area (Å²) < 4.78 is 1.68. The second kappa shape index (κ2) is 5.82. The molecule has 0 saturated heterocycles. The van der Waals surface area contributed by atoms with Crippen LogP contribution < -0.4 is 5.32 Å². The van der Waals surface area contributed by atoms with Gasteiger partial charge in [0.05, 0.1) is 5.69 Å². The fourth-order valence-electron chi connectivity index (χ4n) is 1.57. The summed E-state index contributed by atoms with van der Waals surface area (Å²) in [5.74, 6) is -0.0246. The van der Waals surface area contributed by atoms with Crippen LogP contribution >= 0.6 is 0 Å². The van der Waals surface area contributed by atoms with Crippen LogP contribution in [-0.2, 0) is 11.3 Å². The molecule has 2 N–H and O–H groups in total. The van der Waals surface area contributed by atoms with Crippen LogP contribution in [0, 0.1) is 19.8 Å². The van der Waals surface area contributed by atoms with Crippen LogP contribution in [0.25, 0.3) is 0 Å². The number of nitrogens with zero attached hydrogens (tertiary/aromatic N) is 2. The number of amides is 1. The molecule has 0 fully saturated rings. The average Bonchev–Trinajstić information content (AvgIpc) is 2.55. The maximum Gasteiger partial charge on any atom is 0.241 e. The van der Waals surface area contributed by atoms with Gasteiger partial charge < -0.3 is 10.4 Å². The van der Waals surface area contributed by atoms with Crippen molar-refractivity contribution in [3.05, 3.63) is 17.5 Å². The second-order valence-electron chi connectivity index (χ2n) is 4.60. The second-order valence-corrected chi connectivity index (χ2v) is 4.60. The van der Waals surface area contributed by atoms with Gasteiger partial charge in [-0.25, -0.2) is 0 Å². The molecule has 17 heavy (non-hydrogen) atoms. The molecule has 96 valence electrons. The molecule has 2 atom stereocenters. The Morgan fingerprint density at radius 1 is 1.53 bits per heavy atom. The number of aliphatic hydroxyl groups excluding tert-OH is 1. The van der Waals surface area contributed by atoms with Gasteiger partial charge in [-0.05, 0) is 32.8 Å². The Hall–Kier alpha value is -1.36. The molecule has 0 spiro atoms. The molecule has 1 amide bonds. The normalized spacial score (nSPS) is 14.4. The summed E-state index contributed by atoms with van der Waals surface area (Å²) in [5, 5.41) is 16.1. The smallest absolute Gasteiger partial charge is 0.241 e. The fraction of sp³-hybridized carbons (Fsp3) is 0.667. The number of aryl methyl sites for hydroxylation is 2. The third-order valence-electron chi connectivity index (χ3n) is 2.93. The van der Waals surface area contributed by atoms with Gasteiger partial charge in [-0.1, -0.05) is 6.92 Å². The van der Waals surface area contributed by atoms with Crippen molar-refractivity contribution < 1.29 is 9.90 Å². The predicted molar refractivity (Wildman–Crippen MR) is 65.6 cm³/mol. The molecule has 0 aliphatic carbocycles. The Morgan fingerprint density at radius 3 is 2.65 bits per heavy atom. The van der Waals surface area contributed by atoms with E-state index in [0.29, 0.717) is 0 Å². The van der Waals surface area contributed by atoms with E-state index in [1.165, 1.54) is 0 Å². The van der Waals surface area contributed by atoms with Crippen LogP contribution in [0.2, 0.25) is 0 Å². The number of nitrogens with one attached hydrogen (secondary N) is 1. The van der Waals surface area contributed by atoms with Gasteiger partial charge in [0.2, 0.25) is 5.91 Å². The van der Waals surface area contributed by atoms with Crippen molar-refractivity contribution in [2.24, 2.45) is 5.92 Å². The van der Waals surface area contributed by atoms with Crippen LogP contribution in [0.3, 0.4) is 0 Å². The van der Waals surface area contributed by atoms with E-state index < -0.39 is 0 Å². The van der Waals surface area contributed by atoms with Gasteiger partial charge >= 0.3 is 0 Å². The molecular formula is C12H21N3O2. The number of carbonyl (C=O) groups excluding carboxylic acids is 1. The standard InChI is InChI=1S/C12H21N3O2/c1-8(7-16)11(4)13-12(17)6-15-10(3)5-9(2)14-15/h5,8,11,16H,6-7H2,1-4H3,(H,13,17). The predicted octanol–water partition coefficient (Wildman–Crippen LogP) is 0.633. The highest BCUT2D eigenvalue weighted by Crippen LogP contribution is 2.03. The lowest BCUT2D eigenvalue weighted by molar-refractivity contribution is -0.122. The largest absolute Gasteiger partial charge is 0.396 e. The maximum absolute atomic E-state index is 11.8. The Morgan fingerprint density at radius 2 is 2.18 bits per heavy atom. The zero-order valence-electron chi connectivity index (χ0n) is 10.9. The lowest BCUT2D eigenvalue weighted by atomic mass is 10.1. The van der Waals surface area contributed by atoms with E-state index in [0.717, 1.165) is 11.4 Å². The van der Waals surface area contributed by atoms with Gasteiger partial charge in [-0.15, -0.1) is 0 Å². The van der Waals surface area contributed by atoms with Crippen LogP contribution in [0.5, 0.6) is 0 Å². The van der Waals surface area contributed by atoms with Crippen LogP contribution in [0.4, 0.5) is 0 Å². The van der Waals surface area contributed by atoms with Crippen molar-refractivity contribution in [2.75, 3.05) is 6.61 Å². The van der Waals surface area contributed by atoms with Crippen LogP contribution in [0.1, 0.15) is 25.2 Å². The first kappa shape index (κ1) is 13.7. The highest BCUT2D eigenvalue weighted by atomic mass is 16.3. The molecule has 0 aliphatic rings. The van der Waals surface area contributed by atoms with Crippen molar-refractivity contribution >= 4 is 5.91 Å². The van der Waals surface area contributed by atoms with E-state index in [1.54, 1.807) is 4.68 Å². The van der Waals surface area contributed by atoms with Crippen molar-refractivity contribution in [1.82, 2.24) is 15.1 Å². The minimum absolute atomic E-state index is 0.0375. The molecule has 5 heteroatoms. The minimum Gasteiger partial charge on any atom is -0.396 e. The molecule has 1 aromatic heterocycles. The summed E-state index contributed by atoms with van der Waals surface area (Å²) in [6, 6.07) is 1.90. The van der Waals surface area contributed by atoms with E-state index in [1.807, 2.05) is 33.8 Å².